The van der Waals surface area contributed by atoms with E-state index in [0.717, 1.165) is 13.0 Å². The second-order valence-corrected chi connectivity index (χ2v) is 5.00. The lowest BCUT2D eigenvalue weighted by Gasteiger charge is -2.29. The van der Waals surface area contributed by atoms with Crippen molar-refractivity contribution in [3.05, 3.63) is 18.2 Å². The molecule has 1 atom stereocenters. The predicted octanol–water partition coefficient (Wildman–Crippen LogP) is 2.45. The highest BCUT2D eigenvalue weighted by atomic mass is 15.1. The third-order valence-corrected chi connectivity index (χ3v) is 3.60. The normalized spacial score (nSPS) is 22.2. The lowest BCUT2D eigenvalue weighted by molar-refractivity contribution is 0.323. The van der Waals surface area contributed by atoms with E-state index < -0.39 is 0 Å². The molecule has 0 aliphatic carbocycles. The Morgan fingerprint density at radius 2 is 2.40 bits per heavy atom. The van der Waals surface area contributed by atoms with Crippen LogP contribution in [-0.4, -0.2) is 16.1 Å². The molecule has 2 heterocycles. The van der Waals surface area contributed by atoms with E-state index in [9.17, 15) is 0 Å². The first-order valence-corrected chi connectivity index (χ1v) is 5.91. The molecule has 1 aromatic heterocycles. The molecule has 1 aliphatic rings. The average Bonchev–Trinajstić information content (AvgIpc) is 2.87. The fourth-order valence-electron chi connectivity index (χ4n) is 2.18. The molecule has 0 spiro atoms. The fourth-order valence-corrected chi connectivity index (χ4v) is 2.18. The van der Waals surface area contributed by atoms with Crippen LogP contribution in [0.2, 0.25) is 0 Å². The van der Waals surface area contributed by atoms with Gasteiger partial charge in [0.05, 0.1) is 12.0 Å². The minimum absolute atomic E-state index is 0.177. The van der Waals surface area contributed by atoms with E-state index in [4.69, 9.17) is 0 Å². The molecule has 0 saturated carbocycles. The third-order valence-electron chi connectivity index (χ3n) is 3.60. The number of imidazole rings is 1. The van der Waals surface area contributed by atoms with E-state index in [1.807, 2.05) is 12.5 Å². The Kier molecular flexibility index (Phi) is 2.83. The summed E-state index contributed by atoms with van der Waals surface area (Å²) in [5.41, 5.74) is 1.52. The van der Waals surface area contributed by atoms with Gasteiger partial charge in [0.2, 0.25) is 0 Å². The second-order valence-electron chi connectivity index (χ2n) is 5.00. The van der Waals surface area contributed by atoms with Crippen LogP contribution < -0.4 is 5.32 Å². The number of nitrogens with zero attached hydrogens (tertiary/aromatic N) is 2. The highest BCUT2D eigenvalue weighted by molar-refractivity contribution is 5.10. The zero-order valence-electron chi connectivity index (χ0n) is 9.95. The molecule has 2 rings (SSSR count). The topological polar surface area (TPSA) is 29.9 Å². The van der Waals surface area contributed by atoms with Gasteiger partial charge < -0.3 is 9.88 Å². The van der Waals surface area contributed by atoms with Crippen LogP contribution in [-0.2, 0) is 5.54 Å². The Balaban J connectivity index is 2.28. The van der Waals surface area contributed by atoms with Crippen molar-refractivity contribution in [2.45, 2.75) is 51.6 Å². The molecule has 84 valence electrons. The van der Waals surface area contributed by atoms with Crippen molar-refractivity contribution >= 4 is 0 Å². The number of hydrogen-bond donors (Lipinski definition) is 1. The van der Waals surface area contributed by atoms with E-state index in [1.165, 1.54) is 18.5 Å². The van der Waals surface area contributed by atoms with Crippen molar-refractivity contribution in [3.8, 4) is 0 Å². The van der Waals surface area contributed by atoms with Gasteiger partial charge in [-0.2, -0.15) is 0 Å². The fraction of sp³-hybridized carbons (Fsp3) is 0.750. The quantitative estimate of drug-likeness (QED) is 0.825. The highest BCUT2D eigenvalue weighted by Crippen LogP contribution is 2.28. The molecule has 0 aromatic carbocycles. The van der Waals surface area contributed by atoms with Crippen LogP contribution in [0.3, 0.4) is 0 Å². The predicted molar refractivity (Wildman–Crippen MR) is 61.8 cm³/mol. The molecule has 0 radical (unpaired) electrons. The summed E-state index contributed by atoms with van der Waals surface area (Å²) in [5.74, 6) is 0. The van der Waals surface area contributed by atoms with E-state index >= 15 is 0 Å². The summed E-state index contributed by atoms with van der Waals surface area (Å²) in [6, 6.07) is 0.512. The van der Waals surface area contributed by atoms with Crippen LogP contribution in [0.15, 0.2) is 12.5 Å². The van der Waals surface area contributed by atoms with E-state index in [1.54, 1.807) is 0 Å². The van der Waals surface area contributed by atoms with Gasteiger partial charge in [-0.3, -0.25) is 0 Å². The lowest BCUT2D eigenvalue weighted by Crippen LogP contribution is -2.29. The zero-order valence-corrected chi connectivity index (χ0v) is 9.95. The summed E-state index contributed by atoms with van der Waals surface area (Å²) in [6.45, 7) is 7.91. The molecule has 3 nitrogen and oxygen atoms in total. The van der Waals surface area contributed by atoms with Gasteiger partial charge in [-0.05, 0) is 39.7 Å². The van der Waals surface area contributed by atoms with Crippen LogP contribution in [0.5, 0.6) is 0 Å². The van der Waals surface area contributed by atoms with Gasteiger partial charge >= 0.3 is 0 Å². The number of nitrogens with one attached hydrogen (secondary N) is 1. The Morgan fingerprint density at radius 1 is 1.60 bits per heavy atom. The van der Waals surface area contributed by atoms with Crippen LogP contribution in [0.25, 0.3) is 0 Å². The maximum absolute atomic E-state index is 4.30. The van der Waals surface area contributed by atoms with E-state index in [-0.39, 0.29) is 5.54 Å². The van der Waals surface area contributed by atoms with Gasteiger partial charge in [-0.15, -0.1) is 0 Å². The van der Waals surface area contributed by atoms with Gasteiger partial charge in [-0.1, -0.05) is 6.92 Å². The minimum atomic E-state index is 0.177. The molecule has 3 heteroatoms. The van der Waals surface area contributed by atoms with Crippen molar-refractivity contribution in [2.24, 2.45) is 0 Å². The Bertz CT molecular complexity index is 321. The molecule has 1 aromatic rings. The average molecular weight is 207 g/mol. The monoisotopic (exact) mass is 207 g/mol. The van der Waals surface area contributed by atoms with Crippen LogP contribution in [0, 0.1) is 0 Å². The summed E-state index contributed by atoms with van der Waals surface area (Å²) in [7, 11) is 0. The van der Waals surface area contributed by atoms with Gasteiger partial charge in [0.25, 0.3) is 0 Å². The first-order valence-electron chi connectivity index (χ1n) is 5.91. The number of hydrogen-bond acceptors (Lipinski definition) is 2. The Labute approximate surface area is 91.9 Å². The van der Waals surface area contributed by atoms with Gasteiger partial charge in [0, 0.05) is 17.8 Å². The summed E-state index contributed by atoms with van der Waals surface area (Å²) >= 11 is 0. The first kappa shape index (κ1) is 10.7. The summed E-state index contributed by atoms with van der Waals surface area (Å²) in [5, 5.41) is 3.53. The third kappa shape index (κ3) is 1.93. The van der Waals surface area contributed by atoms with Crippen molar-refractivity contribution < 1.29 is 0 Å². The smallest absolute Gasteiger partial charge is 0.0953 e. The van der Waals surface area contributed by atoms with Gasteiger partial charge in [0.15, 0.2) is 0 Å². The largest absolute Gasteiger partial charge is 0.328 e. The second kappa shape index (κ2) is 3.97. The summed E-state index contributed by atoms with van der Waals surface area (Å²) in [6.07, 6.45) is 7.64. The number of aromatic nitrogens is 2. The minimum Gasteiger partial charge on any atom is -0.328 e. The Morgan fingerprint density at radius 3 is 3.00 bits per heavy atom. The summed E-state index contributed by atoms with van der Waals surface area (Å²) in [4.78, 5) is 4.30. The van der Waals surface area contributed by atoms with Crippen LogP contribution >= 0.6 is 0 Å². The molecule has 1 aliphatic heterocycles. The SMILES string of the molecule is CCC(C)(C)n1cncc1C1CCCN1. The standard InChI is InChI=1S/C12H21N3/c1-4-12(2,3)15-9-13-8-11(15)10-6-5-7-14-10/h8-10,14H,4-7H2,1-3H3. The van der Waals surface area contributed by atoms with E-state index in [2.05, 4.69) is 35.6 Å². The molecule has 1 saturated heterocycles. The maximum Gasteiger partial charge on any atom is 0.0953 e. The van der Waals surface area contributed by atoms with Gasteiger partial charge in [0.1, 0.15) is 0 Å². The molecular weight excluding hydrogens is 186 g/mol. The van der Waals surface area contributed by atoms with E-state index in [0.29, 0.717) is 6.04 Å². The lowest BCUT2D eigenvalue weighted by atomic mass is 10.0. The molecule has 15 heavy (non-hydrogen) atoms. The maximum atomic E-state index is 4.30. The molecule has 0 bridgehead atoms. The molecule has 0 amide bonds. The highest BCUT2D eigenvalue weighted by Gasteiger charge is 2.25. The number of rotatable bonds is 3. The van der Waals surface area contributed by atoms with Crippen molar-refractivity contribution in [3.63, 3.8) is 0 Å². The molecule has 1 unspecified atom stereocenters. The molecule has 1 fully saturated rings. The van der Waals surface area contributed by atoms with Crippen molar-refractivity contribution in [1.82, 2.24) is 14.9 Å². The Hall–Kier alpha value is -0.830. The first-order chi connectivity index (χ1) is 7.15. The summed E-state index contributed by atoms with van der Waals surface area (Å²) < 4.78 is 2.33. The van der Waals surface area contributed by atoms with Gasteiger partial charge in [-0.25, -0.2) is 4.98 Å². The van der Waals surface area contributed by atoms with Crippen LogP contribution in [0.1, 0.15) is 51.8 Å². The van der Waals surface area contributed by atoms with Crippen LogP contribution in [0.4, 0.5) is 0 Å². The molecule has 1 N–H and O–H groups in total. The zero-order chi connectivity index (χ0) is 10.9. The van der Waals surface area contributed by atoms with Crippen molar-refractivity contribution in [1.29, 1.82) is 0 Å². The van der Waals surface area contributed by atoms with Crippen molar-refractivity contribution in [2.75, 3.05) is 6.54 Å². The molecular formula is C12H21N3.